The monoisotopic (exact) mass is 224 g/mol. The van der Waals surface area contributed by atoms with Gasteiger partial charge in [0.15, 0.2) is 0 Å². The number of rotatable bonds is 6. The van der Waals surface area contributed by atoms with Gasteiger partial charge in [-0.3, -0.25) is 0 Å². The van der Waals surface area contributed by atoms with Gasteiger partial charge >= 0.3 is 0 Å². The molecule has 16 heavy (non-hydrogen) atoms. The Morgan fingerprint density at radius 1 is 1.19 bits per heavy atom. The van der Waals surface area contributed by atoms with E-state index in [1.165, 1.54) is 32.1 Å². The van der Waals surface area contributed by atoms with Gasteiger partial charge in [-0.15, -0.1) is 0 Å². The van der Waals surface area contributed by atoms with Crippen LogP contribution in [0.15, 0.2) is 0 Å². The smallest absolute Gasteiger partial charge is 0.0320 e. The topological polar surface area (TPSA) is 0 Å². The summed E-state index contributed by atoms with van der Waals surface area (Å²) in [4.78, 5) is 0. The van der Waals surface area contributed by atoms with Crippen molar-refractivity contribution in [3.63, 3.8) is 0 Å². The van der Waals surface area contributed by atoms with Crippen LogP contribution < -0.4 is 0 Å². The van der Waals surface area contributed by atoms with E-state index in [1.54, 1.807) is 0 Å². The lowest BCUT2D eigenvalue weighted by Gasteiger charge is -2.55. The molecule has 96 valence electrons. The van der Waals surface area contributed by atoms with Crippen LogP contribution in [0.5, 0.6) is 0 Å². The van der Waals surface area contributed by atoms with Gasteiger partial charge in [0, 0.05) is 0 Å². The second-order valence-electron chi connectivity index (χ2n) is 6.69. The molecule has 1 aliphatic rings. The fraction of sp³-hybridized carbons (Fsp3) is 1.00. The van der Waals surface area contributed by atoms with Gasteiger partial charge in [-0.05, 0) is 35.5 Å². The molecule has 0 amide bonds. The van der Waals surface area contributed by atoms with Crippen molar-refractivity contribution >= 4 is 0 Å². The molecule has 1 fully saturated rings. The first-order chi connectivity index (χ1) is 7.47. The van der Waals surface area contributed by atoms with Crippen molar-refractivity contribution in [1.82, 2.24) is 0 Å². The molecule has 0 bridgehead atoms. The fourth-order valence-corrected chi connectivity index (χ4v) is 4.29. The molecule has 0 aromatic carbocycles. The molecule has 0 aromatic rings. The molecule has 4 unspecified atom stereocenters. The summed E-state index contributed by atoms with van der Waals surface area (Å²) in [6, 6.07) is 0. The maximum absolute atomic E-state index is 2.52. The van der Waals surface area contributed by atoms with Crippen LogP contribution in [0, 0.1) is 29.1 Å². The molecule has 1 aliphatic carbocycles. The molecular weight excluding hydrogens is 192 g/mol. The molecule has 0 N–H and O–H groups in total. The van der Waals surface area contributed by atoms with E-state index in [-0.39, 0.29) is 0 Å². The second-order valence-corrected chi connectivity index (χ2v) is 6.69. The first kappa shape index (κ1) is 14.1. The van der Waals surface area contributed by atoms with Crippen molar-refractivity contribution in [2.45, 2.75) is 73.6 Å². The summed E-state index contributed by atoms with van der Waals surface area (Å²) in [6.45, 7) is 14.5. The Labute approximate surface area is 103 Å². The summed E-state index contributed by atoms with van der Waals surface area (Å²) in [5.41, 5.74) is 0.623. The summed E-state index contributed by atoms with van der Waals surface area (Å²) in [7, 11) is 0. The molecule has 0 aliphatic heterocycles. The average Bonchev–Trinajstić information content (AvgIpc) is 2.22. The highest BCUT2D eigenvalue weighted by molar-refractivity contribution is 4.97. The van der Waals surface area contributed by atoms with Gasteiger partial charge in [0.2, 0.25) is 0 Å². The van der Waals surface area contributed by atoms with Crippen LogP contribution in [0.2, 0.25) is 0 Å². The molecule has 1 rings (SSSR count). The normalized spacial score (nSPS) is 31.9. The zero-order valence-corrected chi connectivity index (χ0v) is 12.3. The molecule has 0 spiro atoms. The third kappa shape index (κ3) is 2.63. The lowest BCUT2D eigenvalue weighted by molar-refractivity contribution is -0.0605. The predicted molar refractivity (Wildman–Crippen MR) is 73.5 cm³/mol. The summed E-state index contributed by atoms with van der Waals surface area (Å²) in [5.74, 6) is 3.91. The Morgan fingerprint density at radius 3 is 2.19 bits per heavy atom. The molecule has 0 saturated heterocycles. The molecule has 4 atom stereocenters. The van der Waals surface area contributed by atoms with Crippen LogP contribution in [-0.2, 0) is 0 Å². The zero-order chi connectivity index (χ0) is 12.3. The van der Waals surface area contributed by atoms with E-state index < -0.39 is 0 Å². The van der Waals surface area contributed by atoms with Gasteiger partial charge in [-0.2, -0.15) is 0 Å². The maximum Gasteiger partial charge on any atom is -0.0320 e. The first-order valence-electron chi connectivity index (χ1n) is 7.47. The van der Waals surface area contributed by atoms with E-state index in [1.807, 2.05) is 0 Å². The highest BCUT2D eigenvalue weighted by Gasteiger charge is 2.48. The minimum absolute atomic E-state index is 0.623. The van der Waals surface area contributed by atoms with Gasteiger partial charge in [0.1, 0.15) is 0 Å². The number of hydrogen-bond donors (Lipinski definition) is 0. The highest BCUT2D eigenvalue weighted by Crippen LogP contribution is 2.56. The van der Waals surface area contributed by atoms with Crippen molar-refractivity contribution < 1.29 is 0 Å². The lowest BCUT2D eigenvalue weighted by atomic mass is 9.50. The summed E-state index contributed by atoms with van der Waals surface area (Å²) < 4.78 is 0. The summed E-state index contributed by atoms with van der Waals surface area (Å²) >= 11 is 0. The van der Waals surface area contributed by atoms with Crippen molar-refractivity contribution in [1.29, 1.82) is 0 Å². The predicted octanol–water partition coefficient (Wildman–Crippen LogP) is 5.52. The molecule has 0 radical (unpaired) electrons. The van der Waals surface area contributed by atoms with Crippen molar-refractivity contribution in [3.05, 3.63) is 0 Å². The summed E-state index contributed by atoms with van der Waals surface area (Å²) in [5, 5.41) is 0. The lowest BCUT2D eigenvalue weighted by Crippen LogP contribution is -2.47. The quantitative estimate of drug-likeness (QED) is 0.557. The molecule has 0 nitrogen and oxygen atoms in total. The molecule has 0 heterocycles. The van der Waals surface area contributed by atoms with Crippen LogP contribution in [0.3, 0.4) is 0 Å². The second kappa shape index (κ2) is 5.56. The van der Waals surface area contributed by atoms with Gasteiger partial charge in [-0.1, -0.05) is 67.2 Å². The largest absolute Gasteiger partial charge is 0.0654 e. The van der Waals surface area contributed by atoms with E-state index in [0.717, 1.165) is 23.7 Å². The Bertz CT molecular complexity index is 204. The van der Waals surface area contributed by atoms with Crippen LogP contribution in [-0.4, -0.2) is 0 Å². The van der Waals surface area contributed by atoms with E-state index in [4.69, 9.17) is 0 Å². The fourth-order valence-electron chi connectivity index (χ4n) is 4.29. The standard InChI is InChI=1S/C16H32/c1-7-10-13(8-2)12(4)14-11-16(5,6)15(14)9-3/h12-15H,7-11H2,1-6H3. The Morgan fingerprint density at radius 2 is 1.81 bits per heavy atom. The summed E-state index contributed by atoms with van der Waals surface area (Å²) in [6.07, 6.45) is 7.01. The first-order valence-corrected chi connectivity index (χ1v) is 7.47. The van der Waals surface area contributed by atoms with E-state index >= 15 is 0 Å². The van der Waals surface area contributed by atoms with Crippen LogP contribution in [0.25, 0.3) is 0 Å². The van der Waals surface area contributed by atoms with Gasteiger partial charge < -0.3 is 0 Å². The Balaban J connectivity index is 2.58. The third-order valence-corrected chi connectivity index (χ3v) is 5.32. The van der Waals surface area contributed by atoms with Crippen LogP contribution in [0.1, 0.15) is 73.6 Å². The highest BCUT2D eigenvalue weighted by atomic mass is 14.5. The van der Waals surface area contributed by atoms with E-state index in [9.17, 15) is 0 Å². The Hall–Kier alpha value is 0. The maximum atomic E-state index is 2.52. The average molecular weight is 224 g/mol. The van der Waals surface area contributed by atoms with Crippen molar-refractivity contribution in [2.75, 3.05) is 0 Å². The zero-order valence-electron chi connectivity index (χ0n) is 12.3. The SMILES string of the molecule is CCCC(CC)C(C)C1CC(C)(C)C1CC. The third-order valence-electron chi connectivity index (χ3n) is 5.32. The minimum atomic E-state index is 0.623. The van der Waals surface area contributed by atoms with Crippen LogP contribution >= 0.6 is 0 Å². The van der Waals surface area contributed by atoms with E-state index in [2.05, 4.69) is 41.5 Å². The minimum Gasteiger partial charge on any atom is -0.0654 e. The molecule has 0 heteroatoms. The molecule has 0 aromatic heterocycles. The number of hydrogen-bond acceptors (Lipinski definition) is 0. The van der Waals surface area contributed by atoms with Crippen LogP contribution in [0.4, 0.5) is 0 Å². The van der Waals surface area contributed by atoms with Gasteiger partial charge in [0.25, 0.3) is 0 Å². The van der Waals surface area contributed by atoms with Gasteiger partial charge in [0.05, 0.1) is 0 Å². The molecule has 1 saturated carbocycles. The Kier molecular flexibility index (Phi) is 4.88. The van der Waals surface area contributed by atoms with E-state index in [0.29, 0.717) is 5.41 Å². The van der Waals surface area contributed by atoms with Crippen molar-refractivity contribution in [2.24, 2.45) is 29.1 Å². The van der Waals surface area contributed by atoms with Gasteiger partial charge in [-0.25, -0.2) is 0 Å². The molecular formula is C16H32. The van der Waals surface area contributed by atoms with Crippen molar-refractivity contribution in [3.8, 4) is 0 Å².